The van der Waals surface area contributed by atoms with E-state index >= 15 is 0 Å². The number of nitrogens with zero attached hydrogens (tertiary/aromatic N) is 2. The van der Waals surface area contributed by atoms with E-state index in [2.05, 4.69) is 113 Å². The Bertz CT molecular complexity index is 1250. The Morgan fingerprint density at radius 2 is 1.24 bits per heavy atom. The fourth-order valence-electron chi connectivity index (χ4n) is 7.63. The lowest BCUT2D eigenvalue weighted by molar-refractivity contribution is -0.125. The van der Waals surface area contributed by atoms with Crippen LogP contribution < -0.4 is 9.38 Å². The summed E-state index contributed by atoms with van der Waals surface area (Å²) in [6.07, 6.45) is 11.1. The van der Waals surface area contributed by atoms with E-state index in [1.165, 1.54) is 5.69 Å². The van der Waals surface area contributed by atoms with Gasteiger partial charge >= 0.3 is 11.7 Å². The summed E-state index contributed by atoms with van der Waals surface area (Å²) in [6.45, 7) is 9.21. The van der Waals surface area contributed by atoms with Gasteiger partial charge in [0.2, 0.25) is 0 Å². The summed E-state index contributed by atoms with van der Waals surface area (Å²) in [5.74, 6) is -0.211. The number of carbonyl (C=O) groups is 1. The molecule has 3 aromatic rings. The van der Waals surface area contributed by atoms with Crippen LogP contribution >= 0.6 is 0 Å². The van der Waals surface area contributed by atoms with Gasteiger partial charge < -0.3 is 9.64 Å². The van der Waals surface area contributed by atoms with Crippen molar-refractivity contribution in [1.29, 1.82) is 0 Å². The second-order valence-electron chi connectivity index (χ2n) is 12.3. The zero-order valence-corrected chi connectivity index (χ0v) is 26.9. The van der Waals surface area contributed by atoms with E-state index in [1.807, 2.05) is 12.1 Å². The van der Waals surface area contributed by atoms with E-state index in [-0.39, 0.29) is 18.1 Å². The first-order valence-electron chi connectivity index (χ1n) is 16.5. The summed E-state index contributed by atoms with van der Waals surface area (Å²) < 4.78 is 7.68. The third-order valence-electron chi connectivity index (χ3n) is 9.41. The molecule has 0 saturated heterocycles. The highest BCUT2D eigenvalue weighted by molar-refractivity contribution is 5.96. The summed E-state index contributed by atoms with van der Waals surface area (Å²) in [5.41, 5.74) is 4.15. The topological polar surface area (TPSA) is 29.5 Å². The number of hydrogen-bond donors (Lipinski definition) is 0. The number of anilines is 1. The van der Waals surface area contributed by atoms with E-state index in [4.69, 9.17) is 4.74 Å². The molecular weight excluding hydrogens is 516 g/mol. The monoisotopic (exact) mass is 569 g/mol. The highest BCUT2D eigenvalue weighted by Gasteiger charge is 2.67. The van der Waals surface area contributed by atoms with Gasteiger partial charge in [0.05, 0.1) is 28.8 Å². The molecule has 0 aliphatic carbocycles. The second-order valence-corrected chi connectivity index (χ2v) is 12.3. The molecule has 4 nitrogen and oxygen atoms in total. The molecule has 1 aliphatic rings. The van der Waals surface area contributed by atoms with Gasteiger partial charge in [-0.2, -0.15) is 0 Å². The lowest BCUT2D eigenvalue weighted by Crippen LogP contribution is -2.73. The van der Waals surface area contributed by atoms with Crippen LogP contribution in [0.5, 0.6) is 0 Å². The van der Waals surface area contributed by atoms with Gasteiger partial charge in [0, 0.05) is 19.8 Å². The van der Waals surface area contributed by atoms with Gasteiger partial charge in [0.25, 0.3) is 0 Å². The molecule has 0 aromatic heterocycles. The van der Waals surface area contributed by atoms with Gasteiger partial charge in [0.1, 0.15) is 5.69 Å². The number of hydrogen-bond acceptors (Lipinski definition) is 3. The summed E-state index contributed by atoms with van der Waals surface area (Å²) in [6, 6.07) is 28.7. The molecule has 4 rings (SSSR count). The molecule has 42 heavy (non-hydrogen) atoms. The Morgan fingerprint density at radius 3 is 1.76 bits per heavy atom. The Kier molecular flexibility index (Phi) is 10.9. The van der Waals surface area contributed by atoms with Crippen LogP contribution in [0.15, 0.2) is 78.9 Å². The van der Waals surface area contributed by atoms with Crippen LogP contribution in [-0.2, 0) is 10.5 Å². The van der Waals surface area contributed by atoms with Crippen molar-refractivity contribution in [2.45, 2.75) is 110 Å². The van der Waals surface area contributed by atoms with Crippen molar-refractivity contribution < 1.29 is 9.53 Å². The van der Waals surface area contributed by atoms with E-state index in [9.17, 15) is 4.79 Å². The fourth-order valence-corrected chi connectivity index (χ4v) is 7.63. The maximum absolute atomic E-state index is 14.1. The van der Waals surface area contributed by atoms with Crippen molar-refractivity contribution in [3.63, 3.8) is 0 Å². The predicted octanol–water partition coefficient (Wildman–Crippen LogP) is 9.85. The van der Waals surface area contributed by atoms with Gasteiger partial charge in [-0.1, -0.05) is 83.7 Å². The Balaban J connectivity index is 2.21. The largest absolute Gasteiger partial charge is 0.397 e. The van der Waals surface area contributed by atoms with Crippen LogP contribution in [0.3, 0.4) is 0 Å². The molecule has 3 unspecified atom stereocenters. The van der Waals surface area contributed by atoms with Crippen LogP contribution in [0, 0.1) is 0 Å². The number of rotatable bonds is 16. The number of esters is 1. The highest BCUT2D eigenvalue weighted by Crippen LogP contribution is 2.56. The van der Waals surface area contributed by atoms with Crippen molar-refractivity contribution in [3.8, 4) is 0 Å². The van der Waals surface area contributed by atoms with Crippen LogP contribution in [0.1, 0.15) is 113 Å². The van der Waals surface area contributed by atoms with E-state index in [0.717, 1.165) is 81.0 Å². The minimum atomic E-state index is -0.999. The van der Waals surface area contributed by atoms with Gasteiger partial charge in [0.15, 0.2) is 0 Å². The van der Waals surface area contributed by atoms with Crippen LogP contribution in [0.4, 0.5) is 11.4 Å². The summed E-state index contributed by atoms with van der Waals surface area (Å²) >= 11 is 0. The zero-order valence-electron chi connectivity index (χ0n) is 26.9. The summed E-state index contributed by atoms with van der Waals surface area (Å²) in [5, 5.41) is 0. The average Bonchev–Trinajstić information content (AvgIpc) is 3.32. The molecular formula is C38H53N2O2+. The molecule has 0 spiro atoms. The molecule has 1 aliphatic heterocycles. The second kappa shape index (κ2) is 14.4. The first-order valence-corrected chi connectivity index (χ1v) is 16.5. The molecule has 0 N–H and O–H groups in total. The Labute approximate surface area is 255 Å². The smallest absolute Gasteiger partial charge is 0.344 e. The summed E-state index contributed by atoms with van der Waals surface area (Å²) in [7, 11) is 4.15. The van der Waals surface area contributed by atoms with E-state index < -0.39 is 5.72 Å². The highest BCUT2D eigenvalue weighted by atomic mass is 16.6. The molecule has 4 heteroatoms. The van der Waals surface area contributed by atoms with Crippen molar-refractivity contribution in [2.75, 3.05) is 19.0 Å². The van der Waals surface area contributed by atoms with E-state index in [1.54, 1.807) is 0 Å². The van der Waals surface area contributed by atoms with Crippen LogP contribution in [0.25, 0.3) is 0 Å². The minimum Gasteiger partial charge on any atom is -0.397 e. The Morgan fingerprint density at radius 1 is 0.690 bits per heavy atom. The normalized spacial score (nSPS) is 19.0. The number of cyclic esters (lactones) is 1. The van der Waals surface area contributed by atoms with Gasteiger partial charge in [-0.3, -0.25) is 0 Å². The standard InChI is InChI=1S/C38H53N2O2/c1-7-11-20-32(18-9-3)40(34-22-14-13-15-23-34,33(19-10-4)21-12-8-2)38(30-26-28-31(29-27-30)39(5)6)36-25-17-16-24-35(36)37(41)42-38/h13-17,22-29,32-33H,7-12,18-21H2,1-6H3/q+1. The van der Waals surface area contributed by atoms with Crippen LogP contribution in [0.2, 0.25) is 0 Å². The maximum atomic E-state index is 14.1. The lowest BCUT2D eigenvalue weighted by Gasteiger charge is -2.58. The first kappa shape index (κ1) is 31.8. The molecule has 0 saturated carbocycles. The molecule has 3 atom stereocenters. The third-order valence-corrected chi connectivity index (χ3v) is 9.41. The van der Waals surface area contributed by atoms with Gasteiger partial charge in [-0.25, -0.2) is 9.28 Å². The number of quaternary nitrogens is 1. The number of ether oxygens (including phenoxy) is 1. The van der Waals surface area contributed by atoms with Crippen molar-refractivity contribution >= 4 is 17.3 Å². The lowest BCUT2D eigenvalue weighted by atomic mass is 9.80. The van der Waals surface area contributed by atoms with E-state index in [0.29, 0.717) is 10.0 Å². The molecule has 0 radical (unpaired) electrons. The zero-order chi connectivity index (χ0) is 30.2. The third kappa shape index (κ3) is 5.63. The van der Waals surface area contributed by atoms with Crippen LogP contribution in [-0.4, -0.2) is 32.1 Å². The van der Waals surface area contributed by atoms with Crippen molar-refractivity contribution in [3.05, 3.63) is 95.6 Å². The molecule has 0 fully saturated rings. The fraction of sp³-hybridized carbons (Fsp3) is 0.500. The molecule has 226 valence electrons. The maximum Gasteiger partial charge on any atom is 0.344 e. The number of carbonyl (C=O) groups excluding carboxylic acids is 1. The van der Waals surface area contributed by atoms with Gasteiger partial charge in [-0.15, -0.1) is 0 Å². The predicted molar refractivity (Wildman–Crippen MR) is 178 cm³/mol. The minimum absolute atomic E-state index is 0.211. The average molecular weight is 570 g/mol. The molecule has 0 bridgehead atoms. The first-order chi connectivity index (χ1) is 20.4. The molecule has 0 amide bonds. The van der Waals surface area contributed by atoms with Gasteiger partial charge in [-0.05, 0) is 87.1 Å². The Hall–Kier alpha value is -3.11. The number of benzene rings is 3. The van der Waals surface area contributed by atoms with Crippen molar-refractivity contribution in [2.24, 2.45) is 0 Å². The molecule has 3 aromatic carbocycles. The number of unbranched alkanes of at least 4 members (excludes halogenated alkanes) is 2. The number of para-hydroxylation sites is 1. The molecule has 1 heterocycles. The SMILES string of the molecule is CCCCC(CCC)[N+](c1ccccc1)(C(CCC)CCCC)C1(c2ccc(N(C)C)cc2)OC(=O)c2ccccc21. The number of fused-ring (bicyclic) bond motifs is 1. The summed E-state index contributed by atoms with van der Waals surface area (Å²) in [4.78, 5) is 16.2. The van der Waals surface area contributed by atoms with Crippen molar-refractivity contribution in [1.82, 2.24) is 4.48 Å². The quantitative estimate of drug-likeness (QED) is 0.127.